The molecule has 2 heterocycles. The van der Waals surface area contributed by atoms with Gasteiger partial charge in [0.2, 0.25) is 0 Å². The van der Waals surface area contributed by atoms with Crippen LogP contribution in [0.2, 0.25) is 0 Å². The smallest absolute Gasteiger partial charge is 0.251 e. The summed E-state index contributed by atoms with van der Waals surface area (Å²) in [6, 6.07) is 5.56. The molecule has 1 N–H and O–H groups in total. The second-order valence-electron chi connectivity index (χ2n) is 6.62. The minimum Gasteiger partial charge on any atom is -0.352 e. The van der Waals surface area contributed by atoms with Crippen LogP contribution in [0, 0.1) is 6.92 Å². The number of likely N-dealkylation sites (tertiary alicyclic amines) is 1. The van der Waals surface area contributed by atoms with Crippen molar-refractivity contribution in [1.29, 1.82) is 0 Å². The predicted molar refractivity (Wildman–Crippen MR) is 95.7 cm³/mol. The molecule has 2 aromatic rings. The second kappa shape index (κ2) is 8.71. The Morgan fingerprint density at radius 1 is 1.20 bits per heavy atom. The highest BCUT2D eigenvalue weighted by molar-refractivity contribution is 5.94. The fraction of sp³-hybridized carbons (Fsp3) is 0.556. The maximum absolute atomic E-state index is 12.3. The zero-order valence-corrected chi connectivity index (χ0v) is 14.8. The van der Waals surface area contributed by atoms with E-state index in [1.807, 2.05) is 25.1 Å². The number of tetrazole rings is 1. The number of aryl methyl sites for hydroxylation is 1. The topological polar surface area (TPSA) is 75.9 Å². The third-order valence-corrected chi connectivity index (χ3v) is 4.69. The lowest BCUT2D eigenvalue weighted by Gasteiger charge is -2.19. The van der Waals surface area contributed by atoms with Crippen molar-refractivity contribution >= 4 is 5.91 Å². The Morgan fingerprint density at radius 2 is 2.00 bits per heavy atom. The molecule has 0 unspecified atom stereocenters. The molecule has 0 atom stereocenters. The summed E-state index contributed by atoms with van der Waals surface area (Å²) in [5.41, 5.74) is 2.51. The molecular formula is C18H26N6O. The number of aromatic nitrogens is 4. The van der Waals surface area contributed by atoms with Gasteiger partial charge in [0.05, 0.1) is 5.69 Å². The Hall–Kier alpha value is -2.28. The molecule has 1 aromatic carbocycles. The van der Waals surface area contributed by atoms with E-state index in [0.717, 1.165) is 24.2 Å². The van der Waals surface area contributed by atoms with E-state index in [4.69, 9.17) is 0 Å². The number of nitrogens with zero attached hydrogens (tertiary/aromatic N) is 5. The van der Waals surface area contributed by atoms with Crippen molar-refractivity contribution < 1.29 is 4.79 Å². The van der Waals surface area contributed by atoms with Crippen molar-refractivity contribution in [2.24, 2.45) is 0 Å². The van der Waals surface area contributed by atoms with Gasteiger partial charge in [-0.1, -0.05) is 12.8 Å². The summed E-state index contributed by atoms with van der Waals surface area (Å²) in [4.78, 5) is 14.8. The lowest BCUT2D eigenvalue weighted by atomic mass is 10.1. The van der Waals surface area contributed by atoms with Gasteiger partial charge in [-0.15, -0.1) is 5.10 Å². The first-order valence-electron chi connectivity index (χ1n) is 9.08. The highest BCUT2D eigenvalue weighted by Crippen LogP contribution is 2.14. The van der Waals surface area contributed by atoms with Crippen molar-refractivity contribution in [3.63, 3.8) is 0 Å². The van der Waals surface area contributed by atoms with E-state index >= 15 is 0 Å². The van der Waals surface area contributed by atoms with Gasteiger partial charge in [0.25, 0.3) is 5.91 Å². The molecule has 7 heteroatoms. The van der Waals surface area contributed by atoms with Crippen LogP contribution in [0.3, 0.4) is 0 Å². The van der Waals surface area contributed by atoms with E-state index in [1.54, 1.807) is 11.0 Å². The quantitative estimate of drug-likeness (QED) is 0.812. The average molecular weight is 342 g/mol. The SMILES string of the molecule is Cc1cc(C(=O)NCCCN2CCCCCC2)ccc1-n1cnnn1. The Labute approximate surface area is 148 Å². The van der Waals surface area contributed by atoms with Crippen LogP contribution in [0.25, 0.3) is 5.69 Å². The van der Waals surface area contributed by atoms with Crippen LogP contribution in [-0.4, -0.2) is 57.2 Å². The Kier molecular flexibility index (Phi) is 6.11. The summed E-state index contributed by atoms with van der Waals surface area (Å²) in [7, 11) is 0. The number of hydrogen-bond acceptors (Lipinski definition) is 5. The first-order chi connectivity index (χ1) is 12.2. The molecule has 1 aromatic heterocycles. The Balaban J connectivity index is 1.47. The first-order valence-corrected chi connectivity index (χ1v) is 9.08. The Bertz CT molecular complexity index is 677. The van der Waals surface area contributed by atoms with E-state index < -0.39 is 0 Å². The summed E-state index contributed by atoms with van der Waals surface area (Å²) in [5.74, 6) is -0.0257. The molecule has 0 saturated carbocycles. The third kappa shape index (κ3) is 4.85. The van der Waals surface area contributed by atoms with Gasteiger partial charge in [-0.3, -0.25) is 4.79 Å². The molecule has 1 fully saturated rings. The minimum atomic E-state index is -0.0257. The van der Waals surface area contributed by atoms with Crippen LogP contribution in [0.1, 0.15) is 48.0 Å². The van der Waals surface area contributed by atoms with E-state index in [1.165, 1.54) is 38.8 Å². The molecule has 0 bridgehead atoms. The third-order valence-electron chi connectivity index (χ3n) is 4.69. The molecule has 1 aliphatic rings. The molecule has 25 heavy (non-hydrogen) atoms. The van der Waals surface area contributed by atoms with E-state index in [0.29, 0.717) is 12.1 Å². The average Bonchev–Trinajstić information content (AvgIpc) is 3.02. The molecule has 1 aliphatic heterocycles. The summed E-state index contributed by atoms with van der Waals surface area (Å²) < 4.78 is 1.60. The second-order valence-corrected chi connectivity index (χ2v) is 6.62. The van der Waals surface area contributed by atoms with Crippen molar-refractivity contribution in [2.45, 2.75) is 39.0 Å². The number of amides is 1. The summed E-state index contributed by atoms with van der Waals surface area (Å²) in [5, 5.41) is 14.2. The van der Waals surface area contributed by atoms with Crippen LogP contribution >= 0.6 is 0 Å². The fourth-order valence-electron chi connectivity index (χ4n) is 3.29. The number of rotatable bonds is 6. The largest absolute Gasteiger partial charge is 0.352 e. The standard InChI is InChI=1S/C18H26N6O/c1-15-13-16(7-8-17(15)24-14-20-21-22-24)18(25)19-9-6-12-23-10-4-2-3-5-11-23/h7-8,13-14H,2-6,9-12H2,1H3,(H,19,25). The molecule has 0 aliphatic carbocycles. The molecule has 134 valence electrons. The minimum absolute atomic E-state index is 0.0257. The zero-order valence-electron chi connectivity index (χ0n) is 14.8. The number of carbonyl (C=O) groups is 1. The van der Waals surface area contributed by atoms with Crippen molar-refractivity contribution in [3.8, 4) is 5.69 Å². The number of carbonyl (C=O) groups excluding carboxylic acids is 1. The maximum Gasteiger partial charge on any atom is 0.251 e. The molecule has 0 radical (unpaired) electrons. The van der Waals surface area contributed by atoms with E-state index in [9.17, 15) is 4.79 Å². The van der Waals surface area contributed by atoms with Crippen molar-refractivity contribution in [3.05, 3.63) is 35.7 Å². The van der Waals surface area contributed by atoms with Gasteiger partial charge in [-0.25, -0.2) is 4.68 Å². The summed E-state index contributed by atoms with van der Waals surface area (Å²) in [6.07, 6.45) is 7.86. The van der Waals surface area contributed by atoms with Crippen LogP contribution < -0.4 is 5.32 Å². The molecule has 3 rings (SSSR count). The highest BCUT2D eigenvalue weighted by Gasteiger charge is 2.11. The van der Waals surface area contributed by atoms with Gasteiger partial charge in [0.15, 0.2) is 0 Å². The van der Waals surface area contributed by atoms with Gasteiger partial charge >= 0.3 is 0 Å². The van der Waals surface area contributed by atoms with Gasteiger partial charge in [-0.05, 0) is 80.0 Å². The molecule has 1 amide bonds. The molecule has 7 nitrogen and oxygen atoms in total. The number of hydrogen-bond donors (Lipinski definition) is 1. The highest BCUT2D eigenvalue weighted by atomic mass is 16.1. The zero-order chi connectivity index (χ0) is 17.5. The predicted octanol–water partition coefficient (Wildman–Crippen LogP) is 1.97. The van der Waals surface area contributed by atoms with Crippen LogP contribution in [0.4, 0.5) is 0 Å². The number of benzene rings is 1. The van der Waals surface area contributed by atoms with Gasteiger partial charge in [-0.2, -0.15) is 0 Å². The monoisotopic (exact) mass is 342 g/mol. The van der Waals surface area contributed by atoms with Crippen LogP contribution in [-0.2, 0) is 0 Å². The van der Waals surface area contributed by atoms with Gasteiger partial charge < -0.3 is 10.2 Å². The molecule has 1 saturated heterocycles. The summed E-state index contributed by atoms with van der Waals surface area (Å²) >= 11 is 0. The lowest BCUT2D eigenvalue weighted by molar-refractivity contribution is 0.0951. The lowest BCUT2D eigenvalue weighted by Crippen LogP contribution is -2.30. The van der Waals surface area contributed by atoms with E-state index in [2.05, 4.69) is 25.7 Å². The normalized spacial score (nSPS) is 15.7. The molecule has 0 spiro atoms. The Morgan fingerprint density at radius 3 is 2.68 bits per heavy atom. The van der Waals surface area contributed by atoms with E-state index in [-0.39, 0.29) is 5.91 Å². The summed E-state index contributed by atoms with van der Waals surface area (Å²) in [6.45, 7) is 6.13. The maximum atomic E-state index is 12.3. The van der Waals surface area contributed by atoms with Crippen LogP contribution in [0.15, 0.2) is 24.5 Å². The molecular weight excluding hydrogens is 316 g/mol. The fourth-order valence-corrected chi connectivity index (χ4v) is 3.29. The van der Waals surface area contributed by atoms with Gasteiger partial charge in [0, 0.05) is 12.1 Å². The van der Waals surface area contributed by atoms with Gasteiger partial charge in [0.1, 0.15) is 6.33 Å². The first kappa shape index (κ1) is 17.5. The van der Waals surface area contributed by atoms with Crippen molar-refractivity contribution in [2.75, 3.05) is 26.2 Å². The van der Waals surface area contributed by atoms with Crippen LogP contribution in [0.5, 0.6) is 0 Å². The number of nitrogens with one attached hydrogen (secondary N) is 1. The van der Waals surface area contributed by atoms with Crippen molar-refractivity contribution in [1.82, 2.24) is 30.4 Å².